The monoisotopic (exact) mass is 186 g/mol. The molecule has 1 rings (SSSR count). The Labute approximate surface area is 79.2 Å². The van der Waals surface area contributed by atoms with E-state index in [-0.39, 0.29) is 0 Å². The van der Waals surface area contributed by atoms with Crippen molar-refractivity contribution >= 4 is 16.9 Å². The molecule has 2 nitrogen and oxygen atoms in total. The van der Waals surface area contributed by atoms with E-state index in [1.165, 1.54) is 0 Å². The van der Waals surface area contributed by atoms with E-state index in [0.717, 1.165) is 18.3 Å². The maximum absolute atomic E-state index is 4.39. The molecule has 0 aromatic carbocycles. The average Bonchev–Trinajstić information content (AvgIpc) is 2.30. The van der Waals surface area contributed by atoms with Crippen LogP contribution in [0, 0.1) is 5.41 Å². The van der Waals surface area contributed by atoms with Gasteiger partial charge in [-0.25, -0.2) is 0 Å². The van der Waals surface area contributed by atoms with Crippen molar-refractivity contribution in [2.45, 2.75) is 32.9 Å². The molecule has 1 unspecified atom stereocenters. The summed E-state index contributed by atoms with van der Waals surface area (Å²) in [4.78, 5) is 4.39. The molecule has 70 valence electrons. The quantitative estimate of drug-likeness (QED) is 0.678. The van der Waals surface area contributed by atoms with Crippen LogP contribution in [0.4, 0.5) is 0 Å². The lowest BCUT2D eigenvalue weighted by atomic mass is 9.97. The topological polar surface area (TPSA) is 24.4 Å². The lowest BCUT2D eigenvalue weighted by molar-refractivity contribution is 0.410. The number of hydrogen-bond donors (Lipinski definition) is 1. The number of rotatable bonds is 1. The highest BCUT2D eigenvalue weighted by Crippen LogP contribution is 2.19. The zero-order valence-corrected chi connectivity index (χ0v) is 9.16. The van der Waals surface area contributed by atoms with E-state index in [9.17, 15) is 0 Å². The summed E-state index contributed by atoms with van der Waals surface area (Å²) in [6, 6.07) is 0. The molecule has 0 bridgehead atoms. The van der Waals surface area contributed by atoms with Gasteiger partial charge in [0.2, 0.25) is 0 Å². The maximum Gasteiger partial charge on any atom is 0.156 e. The van der Waals surface area contributed by atoms with Gasteiger partial charge in [0, 0.05) is 11.8 Å². The lowest BCUT2D eigenvalue weighted by Crippen LogP contribution is -2.29. The van der Waals surface area contributed by atoms with Gasteiger partial charge in [0.1, 0.15) is 0 Å². The van der Waals surface area contributed by atoms with Gasteiger partial charge < -0.3 is 5.32 Å². The van der Waals surface area contributed by atoms with Gasteiger partial charge in [0.05, 0.1) is 6.54 Å². The Kier molecular flexibility index (Phi) is 3.04. The summed E-state index contributed by atoms with van der Waals surface area (Å²) in [6.45, 7) is 10.9. The first-order valence-electron chi connectivity index (χ1n) is 4.42. The zero-order chi connectivity index (χ0) is 9.19. The molecule has 3 heteroatoms. The van der Waals surface area contributed by atoms with Gasteiger partial charge in [0.25, 0.3) is 0 Å². The van der Waals surface area contributed by atoms with E-state index < -0.39 is 0 Å². The highest BCUT2D eigenvalue weighted by molar-refractivity contribution is 8.14. The SMILES string of the molecule is CC1CN=C(NCC(C)(C)C)S1. The molecule has 1 atom stereocenters. The molecule has 0 saturated heterocycles. The predicted octanol–water partition coefficient (Wildman–Crippen LogP) is 2.11. The lowest BCUT2D eigenvalue weighted by Gasteiger charge is -2.19. The number of aliphatic imine (C=N–C) groups is 1. The molecule has 0 radical (unpaired) electrons. The van der Waals surface area contributed by atoms with Crippen LogP contribution in [0.15, 0.2) is 4.99 Å². The Morgan fingerprint density at radius 2 is 2.25 bits per heavy atom. The van der Waals surface area contributed by atoms with Gasteiger partial charge in [-0.3, -0.25) is 4.99 Å². The molecule has 0 aromatic heterocycles. The van der Waals surface area contributed by atoms with Gasteiger partial charge in [0.15, 0.2) is 5.17 Å². The fraction of sp³-hybridized carbons (Fsp3) is 0.889. The first kappa shape index (κ1) is 9.90. The Hall–Kier alpha value is -0.180. The Morgan fingerprint density at radius 1 is 1.58 bits per heavy atom. The normalized spacial score (nSPS) is 24.0. The molecule has 1 aliphatic rings. The van der Waals surface area contributed by atoms with Crippen LogP contribution in [-0.4, -0.2) is 23.5 Å². The van der Waals surface area contributed by atoms with Crippen molar-refractivity contribution < 1.29 is 0 Å². The van der Waals surface area contributed by atoms with E-state index in [2.05, 4.69) is 38.0 Å². The van der Waals surface area contributed by atoms with Crippen molar-refractivity contribution in [1.82, 2.24) is 5.32 Å². The maximum atomic E-state index is 4.39. The molecule has 1 N–H and O–H groups in total. The third-order valence-corrected chi connectivity index (χ3v) is 2.62. The van der Waals surface area contributed by atoms with Crippen LogP contribution in [0.2, 0.25) is 0 Å². The first-order chi connectivity index (χ1) is 5.47. The molecule has 0 aliphatic carbocycles. The van der Waals surface area contributed by atoms with E-state index in [0.29, 0.717) is 10.7 Å². The number of thioether (sulfide) groups is 1. The highest BCUT2D eigenvalue weighted by Gasteiger charge is 2.16. The van der Waals surface area contributed by atoms with Crippen LogP contribution in [0.25, 0.3) is 0 Å². The molecule has 1 heterocycles. The van der Waals surface area contributed by atoms with Crippen LogP contribution in [0.5, 0.6) is 0 Å². The van der Waals surface area contributed by atoms with E-state index in [1.807, 2.05) is 11.8 Å². The molecule has 0 amide bonds. The molecular weight excluding hydrogens is 168 g/mol. The second-order valence-corrected chi connectivity index (χ2v) is 5.92. The third kappa shape index (κ3) is 3.48. The standard InChI is InChI=1S/C9H18N2S/c1-7-5-10-8(12-7)11-6-9(2,3)4/h7H,5-6H2,1-4H3,(H,10,11). The summed E-state index contributed by atoms with van der Waals surface area (Å²) in [6.07, 6.45) is 0. The minimum absolute atomic E-state index is 0.342. The van der Waals surface area contributed by atoms with Crippen LogP contribution in [0.3, 0.4) is 0 Å². The number of nitrogens with one attached hydrogen (secondary N) is 1. The molecule has 0 aromatic rings. The summed E-state index contributed by atoms with van der Waals surface area (Å²) >= 11 is 1.85. The van der Waals surface area contributed by atoms with Crippen LogP contribution < -0.4 is 5.32 Å². The molecule has 1 aliphatic heterocycles. The molecule has 0 saturated carbocycles. The van der Waals surface area contributed by atoms with Gasteiger partial charge in [-0.1, -0.05) is 39.5 Å². The van der Waals surface area contributed by atoms with Crippen molar-refractivity contribution in [2.75, 3.05) is 13.1 Å². The van der Waals surface area contributed by atoms with Crippen LogP contribution >= 0.6 is 11.8 Å². The van der Waals surface area contributed by atoms with E-state index in [4.69, 9.17) is 0 Å². The van der Waals surface area contributed by atoms with Gasteiger partial charge in [-0.05, 0) is 5.41 Å². The summed E-state index contributed by atoms with van der Waals surface area (Å²) < 4.78 is 0. The van der Waals surface area contributed by atoms with Crippen molar-refractivity contribution in [3.63, 3.8) is 0 Å². The summed E-state index contributed by atoms with van der Waals surface area (Å²) in [5.41, 5.74) is 0.342. The zero-order valence-electron chi connectivity index (χ0n) is 8.35. The predicted molar refractivity (Wildman–Crippen MR) is 56.8 cm³/mol. The molecule has 12 heavy (non-hydrogen) atoms. The summed E-state index contributed by atoms with van der Waals surface area (Å²) in [5, 5.41) is 5.15. The van der Waals surface area contributed by atoms with E-state index >= 15 is 0 Å². The molecule has 0 fully saturated rings. The smallest absolute Gasteiger partial charge is 0.156 e. The number of nitrogens with zero attached hydrogens (tertiary/aromatic N) is 1. The Morgan fingerprint density at radius 3 is 2.67 bits per heavy atom. The first-order valence-corrected chi connectivity index (χ1v) is 5.30. The van der Waals surface area contributed by atoms with Crippen molar-refractivity contribution in [3.05, 3.63) is 0 Å². The van der Waals surface area contributed by atoms with Crippen molar-refractivity contribution in [1.29, 1.82) is 0 Å². The molecule has 0 spiro atoms. The van der Waals surface area contributed by atoms with Gasteiger partial charge in [-0.2, -0.15) is 0 Å². The fourth-order valence-electron chi connectivity index (χ4n) is 0.915. The Bertz CT molecular complexity index is 181. The number of amidine groups is 1. The third-order valence-electron chi connectivity index (χ3n) is 1.57. The largest absolute Gasteiger partial charge is 0.364 e. The second-order valence-electron chi connectivity index (χ2n) is 4.49. The van der Waals surface area contributed by atoms with Crippen molar-refractivity contribution in [2.24, 2.45) is 10.4 Å². The van der Waals surface area contributed by atoms with Gasteiger partial charge in [-0.15, -0.1) is 0 Å². The minimum Gasteiger partial charge on any atom is -0.364 e. The van der Waals surface area contributed by atoms with Gasteiger partial charge >= 0.3 is 0 Å². The van der Waals surface area contributed by atoms with Crippen LogP contribution in [0.1, 0.15) is 27.7 Å². The highest BCUT2D eigenvalue weighted by atomic mass is 32.2. The number of hydrogen-bond acceptors (Lipinski definition) is 3. The summed E-state index contributed by atoms with van der Waals surface area (Å²) in [7, 11) is 0. The fourth-order valence-corrected chi connectivity index (χ4v) is 1.75. The minimum atomic E-state index is 0.342. The summed E-state index contributed by atoms with van der Waals surface area (Å²) in [5.74, 6) is 0. The van der Waals surface area contributed by atoms with Crippen LogP contribution in [-0.2, 0) is 0 Å². The van der Waals surface area contributed by atoms with Crippen molar-refractivity contribution in [3.8, 4) is 0 Å². The Balaban J connectivity index is 2.25. The van der Waals surface area contributed by atoms with E-state index in [1.54, 1.807) is 0 Å². The second kappa shape index (κ2) is 3.69. The average molecular weight is 186 g/mol. The molecular formula is C9H18N2S.